The Hall–Kier alpha value is -3.06. The molecule has 342 valence electrons. The third-order valence-corrected chi connectivity index (χ3v) is 13.6. The molecule has 2 aromatic heterocycles. The smallest absolute Gasteiger partial charge is 0.402 e. The summed E-state index contributed by atoms with van der Waals surface area (Å²) in [6.45, 7) is 7.96. The second-order valence-corrected chi connectivity index (χ2v) is 19.6. The van der Waals surface area contributed by atoms with E-state index in [4.69, 9.17) is 49.9 Å². The van der Waals surface area contributed by atoms with Crippen molar-refractivity contribution in [2.24, 2.45) is 0 Å². The van der Waals surface area contributed by atoms with Gasteiger partial charge in [-0.1, -0.05) is 164 Å². The molecule has 0 spiro atoms. The largest absolute Gasteiger partial charge is 0.530 e. The summed E-state index contributed by atoms with van der Waals surface area (Å²) < 4.78 is 61.1. The van der Waals surface area contributed by atoms with Crippen LogP contribution in [0.15, 0.2) is 73.1 Å². The monoisotopic (exact) mass is 896 g/mol. The van der Waals surface area contributed by atoms with Crippen molar-refractivity contribution >= 4 is 30.8 Å². The second-order valence-electron chi connectivity index (χ2n) is 17.6. The third kappa shape index (κ3) is 14.0. The number of nitrogen functional groups attached to an aromatic ring is 1. The maximum Gasteiger partial charge on any atom is 0.530 e. The van der Waals surface area contributed by atoms with Crippen molar-refractivity contribution in [2.75, 3.05) is 18.9 Å². The Balaban J connectivity index is 1.06. The number of aromatic nitrogens is 3. The Kier molecular flexibility index (Phi) is 18.5. The lowest BCUT2D eigenvalue weighted by atomic mass is 9.97. The van der Waals surface area contributed by atoms with Gasteiger partial charge in [-0.05, 0) is 57.0 Å². The van der Waals surface area contributed by atoms with Crippen LogP contribution >= 0.6 is 19.4 Å². The fourth-order valence-electron chi connectivity index (χ4n) is 8.47. The molecule has 12 nitrogen and oxygen atoms in total. The Morgan fingerprint density at radius 3 is 2.08 bits per heavy atom. The van der Waals surface area contributed by atoms with E-state index in [0.717, 1.165) is 24.8 Å². The highest BCUT2D eigenvalue weighted by Gasteiger charge is 2.62. The molecule has 2 saturated heterocycles. The van der Waals surface area contributed by atoms with Gasteiger partial charge in [0.1, 0.15) is 41.5 Å². The summed E-state index contributed by atoms with van der Waals surface area (Å²) in [6.07, 6.45) is 20.7. The molecular weight excluding hydrogens is 827 g/mol. The van der Waals surface area contributed by atoms with Gasteiger partial charge in [0.05, 0.1) is 36.6 Å². The number of fused-ring (bicyclic) bond motifs is 2. The molecule has 2 aliphatic rings. The van der Waals surface area contributed by atoms with E-state index in [-0.39, 0.29) is 30.1 Å². The Morgan fingerprint density at radius 2 is 1.42 bits per heavy atom. The summed E-state index contributed by atoms with van der Waals surface area (Å²) >= 11 is 6.52. The molecule has 0 radical (unpaired) electrons. The first-order chi connectivity index (χ1) is 30.0. The van der Waals surface area contributed by atoms with E-state index in [1.54, 1.807) is 28.8 Å². The van der Waals surface area contributed by atoms with Crippen LogP contribution in [0.1, 0.15) is 154 Å². The minimum absolute atomic E-state index is 0.0243. The van der Waals surface area contributed by atoms with E-state index in [1.807, 2.05) is 63.2 Å². The zero-order chi connectivity index (χ0) is 43.8. The lowest BCUT2D eigenvalue weighted by Crippen LogP contribution is -2.44. The van der Waals surface area contributed by atoms with Gasteiger partial charge in [-0.2, -0.15) is 5.10 Å². The fourth-order valence-corrected chi connectivity index (χ4v) is 10.0. The molecule has 14 heteroatoms. The lowest BCUT2D eigenvalue weighted by molar-refractivity contribution is -0.212. The second kappa shape index (κ2) is 23.7. The van der Waals surface area contributed by atoms with Crippen molar-refractivity contribution in [1.29, 1.82) is 0 Å². The van der Waals surface area contributed by atoms with Gasteiger partial charge in [0.25, 0.3) is 0 Å². The van der Waals surface area contributed by atoms with Crippen LogP contribution in [0.3, 0.4) is 0 Å². The highest BCUT2D eigenvalue weighted by Crippen LogP contribution is 2.55. The number of nitrogens with zero attached hydrogens (tertiary/aromatic N) is 3. The van der Waals surface area contributed by atoms with E-state index in [0.29, 0.717) is 23.6 Å². The number of para-hydroxylation sites is 1. The summed E-state index contributed by atoms with van der Waals surface area (Å²) in [5.74, 6) is -0.417. The summed E-state index contributed by atoms with van der Waals surface area (Å²) in [5, 5.41) is 4.70. The van der Waals surface area contributed by atoms with E-state index in [9.17, 15) is 4.57 Å². The maximum atomic E-state index is 14.8. The average molecular weight is 898 g/mol. The maximum absolute atomic E-state index is 14.8. The molecule has 4 heterocycles. The number of benzene rings is 2. The highest BCUT2D eigenvalue weighted by atomic mass is 35.5. The van der Waals surface area contributed by atoms with Gasteiger partial charge in [-0.15, -0.1) is 0 Å². The van der Waals surface area contributed by atoms with Gasteiger partial charge in [0, 0.05) is 0 Å². The van der Waals surface area contributed by atoms with Crippen molar-refractivity contribution in [3.63, 3.8) is 0 Å². The van der Waals surface area contributed by atoms with E-state index >= 15 is 0 Å². The molecule has 2 aromatic carbocycles. The molecule has 6 rings (SSSR count). The van der Waals surface area contributed by atoms with Gasteiger partial charge >= 0.3 is 7.82 Å². The number of phosphoric ester groups is 1. The number of hydrogen-bond donors (Lipinski definition) is 1. The fraction of sp³-hybridized carbons (Fsp3) is 0.625. The topological polar surface area (TPSA) is 138 Å². The predicted molar refractivity (Wildman–Crippen MR) is 244 cm³/mol. The van der Waals surface area contributed by atoms with Crippen molar-refractivity contribution < 1.29 is 37.1 Å². The number of halogens is 1. The molecule has 0 saturated carbocycles. The number of hydrogen-bond acceptors (Lipinski definition) is 11. The summed E-state index contributed by atoms with van der Waals surface area (Å²) in [7, 11) is -4.37. The predicted octanol–water partition coefficient (Wildman–Crippen LogP) is 12.8. The van der Waals surface area contributed by atoms with Gasteiger partial charge in [0.2, 0.25) is 0 Å². The summed E-state index contributed by atoms with van der Waals surface area (Å²) in [6, 6.07) is 20.5. The molecule has 2 N–H and O–H groups in total. The Bertz CT molecular complexity index is 1990. The molecule has 0 aliphatic carbocycles. The van der Waals surface area contributed by atoms with Crippen LogP contribution < -0.4 is 10.3 Å². The molecule has 0 bridgehead atoms. The normalized spacial score (nSPS) is 22.2. The summed E-state index contributed by atoms with van der Waals surface area (Å²) in [5.41, 5.74) is 7.38. The molecular formula is C48H70ClN4O8P. The van der Waals surface area contributed by atoms with Crippen molar-refractivity contribution in [3.8, 4) is 5.75 Å². The number of anilines is 1. The number of rotatable bonds is 29. The van der Waals surface area contributed by atoms with Crippen molar-refractivity contribution in [2.45, 2.75) is 179 Å². The third-order valence-electron chi connectivity index (χ3n) is 11.9. The SMILES string of the molecule is CCCCCCCCCCCCCCCCCC[C@@H](COP(=O)(OC[C@@]1(C)O[C@@H](c2ccc3c(N)ncnn23)[C@@H]2OC(C)(C)O[C@@H]21)Oc1ccccc1Cl)OCc1ccccc1. The van der Waals surface area contributed by atoms with Crippen LogP contribution in [0.2, 0.25) is 5.02 Å². The molecule has 4 aromatic rings. The van der Waals surface area contributed by atoms with Crippen molar-refractivity contribution in [3.05, 3.63) is 89.3 Å². The van der Waals surface area contributed by atoms with Crippen LogP contribution in [-0.2, 0) is 39.2 Å². The van der Waals surface area contributed by atoms with Gasteiger partial charge in [-0.3, -0.25) is 9.05 Å². The number of ether oxygens (including phenoxy) is 4. The van der Waals surface area contributed by atoms with E-state index < -0.39 is 37.5 Å². The summed E-state index contributed by atoms with van der Waals surface area (Å²) in [4.78, 5) is 4.12. The van der Waals surface area contributed by atoms with Crippen LogP contribution in [0.5, 0.6) is 5.75 Å². The quantitative estimate of drug-likeness (QED) is 0.0412. The van der Waals surface area contributed by atoms with Gasteiger partial charge < -0.3 is 29.2 Å². The first-order valence-corrected chi connectivity index (χ1v) is 24.9. The minimum Gasteiger partial charge on any atom is -0.402 e. The minimum atomic E-state index is -4.37. The van der Waals surface area contributed by atoms with Gasteiger partial charge in [0.15, 0.2) is 11.6 Å². The van der Waals surface area contributed by atoms with Crippen LogP contribution in [0.4, 0.5) is 5.82 Å². The first-order valence-electron chi connectivity index (χ1n) is 23.1. The lowest BCUT2D eigenvalue weighted by Gasteiger charge is -2.32. The molecule has 62 heavy (non-hydrogen) atoms. The first kappa shape index (κ1) is 48.4. The van der Waals surface area contributed by atoms with Crippen LogP contribution in [-0.4, -0.2) is 57.5 Å². The van der Waals surface area contributed by atoms with E-state index in [2.05, 4.69) is 17.0 Å². The zero-order valence-corrected chi connectivity index (χ0v) is 39.0. The van der Waals surface area contributed by atoms with Gasteiger partial charge in [-0.25, -0.2) is 14.1 Å². The highest BCUT2D eigenvalue weighted by molar-refractivity contribution is 7.49. The molecule has 0 amide bonds. The number of nitrogens with two attached hydrogens (primary N) is 1. The zero-order valence-electron chi connectivity index (χ0n) is 37.4. The van der Waals surface area contributed by atoms with Crippen molar-refractivity contribution in [1.82, 2.24) is 14.6 Å². The Labute approximate surface area is 374 Å². The number of phosphoric acid groups is 1. The number of unbranched alkanes of at least 4 members (excludes halogenated alkanes) is 15. The van der Waals surface area contributed by atoms with Crippen LogP contribution in [0.25, 0.3) is 5.52 Å². The molecule has 2 aliphatic heterocycles. The van der Waals surface area contributed by atoms with E-state index in [1.165, 1.54) is 96.2 Å². The molecule has 6 atom stereocenters. The average Bonchev–Trinajstić information content (AvgIpc) is 3.92. The standard InChI is InChI=1S/C48H70ClN4O8P/c1-5-6-7-8-9-10-11-12-13-14-15-16-17-18-19-23-28-38(55-33-37-26-21-20-22-27-37)34-56-62(54,61-42-30-25-24-29-39(42)49)57-35-48(4)45-44(58-47(2,3)60-45)43(59-48)40-31-32-41-46(50)51-36-52-53(40)41/h20-22,24-27,29-32,36,38,43-45H,5-19,23,28,33-35H2,1-4H3,(H2,50,51,52)/t38-,43-,44-,45-,48+,62?/m0/s1. The molecule has 2 fully saturated rings. The van der Waals surface area contributed by atoms with Crippen LogP contribution in [0, 0.1) is 0 Å². The molecule has 1 unspecified atom stereocenters. The Morgan fingerprint density at radius 1 is 0.790 bits per heavy atom.